The maximum absolute atomic E-state index is 14.8. The van der Waals surface area contributed by atoms with Gasteiger partial charge >= 0.3 is 6.03 Å². The molecule has 1 saturated heterocycles. The van der Waals surface area contributed by atoms with Crippen molar-refractivity contribution in [2.24, 2.45) is 0 Å². The number of urea groups is 1. The van der Waals surface area contributed by atoms with E-state index >= 15 is 0 Å². The van der Waals surface area contributed by atoms with Crippen LogP contribution in [0.2, 0.25) is 0 Å². The van der Waals surface area contributed by atoms with Gasteiger partial charge in [-0.2, -0.15) is 0 Å². The maximum atomic E-state index is 14.8. The van der Waals surface area contributed by atoms with Crippen LogP contribution in [0.4, 0.5) is 9.18 Å². The first-order valence-electron chi connectivity index (χ1n) is 9.06. The van der Waals surface area contributed by atoms with Gasteiger partial charge in [-0.1, -0.05) is 12.1 Å². The smallest absolute Gasteiger partial charge is 0.322 e. The van der Waals surface area contributed by atoms with Crippen molar-refractivity contribution in [3.63, 3.8) is 0 Å². The van der Waals surface area contributed by atoms with Crippen LogP contribution in [-0.2, 0) is 16.9 Å². The molecule has 9 heteroatoms. The second-order valence-corrected chi connectivity index (χ2v) is 6.87. The van der Waals surface area contributed by atoms with E-state index in [1.54, 1.807) is 37.4 Å². The number of imide groups is 1. The Morgan fingerprint density at radius 3 is 2.67 bits per heavy atom. The lowest BCUT2D eigenvalue weighted by Crippen LogP contribution is -2.49. The number of aromatic nitrogens is 2. The highest BCUT2D eigenvalue weighted by atomic mass is 19.1. The summed E-state index contributed by atoms with van der Waals surface area (Å²) in [6.07, 6.45) is 4.50. The van der Waals surface area contributed by atoms with Crippen LogP contribution < -0.4 is 20.9 Å². The Hall–Kier alpha value is -4.01. The summed E-state index contributed by atoms with van der Waals surface area (Å²) in [6, 6.07) is 9.78. The summed E-state index contributed by atoms with van der Waals surface area (Å²) in [5.41, 5.74) is -1.32. The average Bonchev–Trinajstić information content (AvgIpc) is 3.01. The number of amides is 3. The third-order valence-electron chi connectivity index (χ3n) is 4.85. The van der Waals surface area contributed by atoms with E-state index in [-0.39, 0.29) is 23.4 Å². The van der Waals surface area contributed by atoms with E-state index in [1.165, 1.54) is 29.1 Å². The van der Waals surface area contributed by atoms with Crippen molar-refractivity contribution in [2.75, 3.05) is 0 Å². The molecule has 3 aromatic rings. The van der Waals surface area contributed by atoms with Crippen LogP contribution in [0.1, 0.15) is 11.1 Å². The van der Waals surface area contributed by atoms with E-state index in [0.717, 1.165) is 6.07 Å². The van der Waals surface area contributed by atoms with Crippen molar-refractivity contribution in [1.29, 1.82) is 0 Å². The average molecular weight is 408 g/mol. The Morgan fingerprint density at radius 2 is 2.00 bits per heavy atom. The van der Waals surface area contributed by atoms with Crippen molar-refractivity contribution in [1.82, 2.24) is 20.2 Å². The Kier molecular flexibility index (Phi) is 4.78. The van der Waals surface area contributed by atoms with E-state index in [4.69, 9.17) is 4.74 Å². The largest absolute Gasteiger partial charge is 0.453 e. The van der Waals surface area contributed by atoms with Gasteiger partial charge in [-0.15, -0.1) is 0 Å². The van der Waals surface area contributed by atoms with Gasteiger partial charge in [0.2, 0.25) is 0 Å². The predicted octanol–water partition coefficient (Wildman–Crippen LogP) is 2.22. The molecule has 1 unspecified atom stereocenters. The zero-order valence-electron chi connectivity index (χ0n) is 15.9. The normalized spacial score (nSPS) is 18.1. The van der Waals surface area contributed by atoms with Crippen LogP contribution in [0.5, 0.6) is 11.5 Å². The fraction of sp³-hybridized carbons (Fsp3) is 0.143. The number of aryl methyl sites for hydroxylation is 1. The van der Waals surface area contributed by atoms with Crippen molar-refractivity contribution >= 4 is 11.9 Å². The summed E-state index contributed by atoms with van der Waals surface area (Å²) in [5, 5.41) is 4.72. The number of halogens is 1. The van der Waals surface area contributed by atoms with E-state index in [9.17, 15) is 18.8 Å². The first-order chi connectivity index (χ1) is 14.4. The number of hydrogen-bond acceptors (Lipinski definition) is 5. The van der Waals surface area contributed by atoms with Crippen LogP contribution in [0.3, 0.4) is 0 Å². The van der Waals surface area contributed by atoms with E-state index < -0.39 is 23.3 Å². The van der Waals surface area contributed by atoms with Gasteiger partial charge < -0.3 is 14.6 Å². The molecule has 8 nitrogen and oxygen atoms in total. The van der Waals surface area contributed by atoms with Crippen LogP contribution in [0.15, 0.2) is 65.8 Å². The van der Waals surface area contributed by atoms with Gasteiger partial charge in [0, 0.05) is 18.0 Å². The van der Waals surface area contributed by atoms with Gasteiger partial charge in [-0.3, -0.25) is 19.9 Å². The van der Waals surface area contributed by atoms with E-state index in [2.05, 4.69) is 15.6 Å². The number of hydrogen-bond donors (Lipinski definition) is 2. The summed E-state index contributed by atoms with van der Waals surface area (Å²) in [6.45, 7) is 1.44. The van der Waals surface area contributed by atoms with E-state index in [1.807, 2.05) is 0 Å². The molecule has 1 aromatic carbocycles. The summed E-state index contributed by atoms with van der Waals surface area (Å²) in [4.78, 5) is 41.0. The number of carbonyl (C=O) groups excluding carboxylic acids is 2. The molecule has 152 valence electrons. The molecule has 0 radical (unpaired) electrons. The minimum Gasteiger partial charge on any atom is -0.453 e. The van der Waals surface area contributed by atoms with Crippen molar-refractivity contribution in [3.05, 3.63) is 88.4 Å². The highest BCUT2D eigenvalue weighted by Gasteiger charge is 2.48. The first-order valence-corrected chi connectivity index (χ1v) is 9.06. The zero-order valence-corrected chi connectivity index (χ0v) is 15.9. The fourth-order valence-corrected chi connectivity index (χ4v) is 3.32. The Balaban J connectivity index is 1.74. The number of nitrogens with zero attached hydrogens (tertiary/aromatic N) is 2. The van der Waals surface area contributed by atoms with Crippen LogP contribution in [0, 0.1) is 12.7 Å². The third kappa shape index (κ3) is 3.41. The molecule has 0 saturated carbocycles. The zero-order chi connectivity index (χ0) is 21.3. The van der Waals surface area contributed by atoms with Gasteiger partial charge in [-0.05, 0) is 42.8 Å². The topological polar surface area (TPSA) is 102 Å². The second kappa shape index (κ2) is 7.43. The van der Waals surface area contributed by atoms with Crippen LogP contribution >= 0.6 is 0 Å². The Bertz CT molecular complexity index is 1200. The standard InChI is InChI=1S/C21H17FN4O4/c1-13-4-3-9-26(18(13)27)12-21(19(28)24-20(29)25-21)14-6-7-17(16(22)10-14)30-15-5-2-8-23-11-15/h2-11H,12H2,1H3,(H2,24,25,28,29). The molecule has 1 aliphatic heterocycles. The number of nitrogens with one attached hydrogen (secondary N) is 2. The summed E-state index contributed by atoms with van der Waals surface area (Å²) >= 11 is 0. The number of benzene rings is 1. The minimum atomic E-state index is -1.65. The molecule has 3 amide bonds. The molecule has 30 heavy (non-hydrogen) atoms. The second-order valence-electron chi connectivity index (χ2n) is 6.87. The third-order valence-corrected chi connectivity index (χ3v) is 4.85. The first kappa shape index (κ1) is 19.3. The van der Waals surface area contributed by atoms with Gasteiger partial charge in [0.25, 0.3) is 11.5 Å². The summed E-state index contributed by atoms with van der Waals surface area (Å²) < 4.78 is 21.6. The quantitative estimate of drug-likeness (QED) is 0.631. The minimum absolute atomic E-state index is 0.0700. The molecular weight excluding hydrogens is 391 g/mol. The molecule has 3 heterocycles. The molecule has 1 fully saturated rings. The number of pyridine rings is 2. The Morgan fingerprint density at radius 1 is 1.17 bits per heavy atom. The molecule has 0 spiro atoms. The lowest BCUT2D eigenvalue weighted by molar-refractivity contribution is -0.124. The van der Waals surface area contributed by atoms with Gasteiger partial charge in [0.15, 0.2) is 17.1 Å². The lowest BCUT2D eigenvalue weighted by atomic mass is 9.89. The fourth-order valence-electron chi connectivity index (χ4n) is 3.32. The van der Waals surface area contributed by atoms with E-state index in [0.29, 0.717) is 11.3 Å². The molecule has 2 aromatic heterocycles. The highest BCUT2D eigenvalue weighted by Crippen LogP contribution is 2.32. The van der Waals surface area contributed by atoms with Crippen LogP contribution in [-0.4, -0.2) is 21.5 Å². The monoisotopic (exact) mass is 408 g/mol. The summed E-state index contributed by atoms with van der Waals surface area (Å²) in [7, 11) is 0. The van der Waals surface area contributed by atoms with Crippen LogP contribution in [0.25, 0.3) is 0 Å². The maximum Gasteiger partial charge on any atom is 0.322 e. The van der Waals surface area contributed by atoms with Crippen molar-refractivity contribution in [2.45, 2.75) is 19.0 Å². The molecule has 1 aliphatic rings. The molecule has 2 N–H and O–H groups in total. The van der Waals surface area contributed by atoms with Gasteiger partial charge in [0.1, 0.15) is 5.75 Å². The summed E-state index contributed by atoms with van der Waals surface area (Å²) in [5.74, 6) is -1.14. The predicted molar refractivity (Wildman–Crippen MR) is 105 cm³/mol. The Labute approximate surface area is 170 Å². The SMILES string of the molecule is Cc1cccn(CC2(c3ccc(Oc4cccnc4)c(F)c3)NC(=O)NC2=O)c1=O. The number of rotatable bonds is 5. The molecule has 0 aliphatic carbocycles. The van der Waals surface area contributed by atoms with Gasteiger partial charge in [-0.25, -0.2) is 9.18 Å². The highest BCUT2D eigenvalue weighted by molar-refractivity contribution is 6.07. The molecule has 1 atom stereocenters. The van der Waals surface area contributed by atoms with Gasteiger partial charge in [0.05, 0.1) is 12.7 Å². The molecular formula is C21H17FN4O4. The number of ether oxygens (including phenoxy) is 1. The lowest BCUT2D eigenvalue weighted by Gasteiger charge is -2.27. The number of carbonyl (C=O) groups is 2. The molecule has 4 rings (SSSR count). The molecule has 0 bridgehead atoms. The van der Waals surface area contributed by atoms with Crippen molar-refractivity contribution < 1.29 is 18.7 Å². The van der Waals surface area contributed by atoms with Crippen molar-refractivity contribution in [3.8, 4) is 11.5 Å².